The van der Waals surface area contributed by atoms with E-state index in [-0.39, 0.29) is 12.0 Å². The van der Waals surface area contributed by atoms with Gasteiger partial charge in [-0.15, -0.1) is 0 Å². The minimum absolute atomic E-state index is 0.0997. The van der Waals surface area contributed by atoms with Gasteiger partial charge in [-0.05, 0) is 6.07 Å². The predicted molar refractivity (Wildman–Crippen MR) is 60.6 cm³/mol. The molecule has 2 aromatic heterocycles. The molecular weight excluding hydrogens is 222 g/mol. The molecule has 0 aromatic carbocycles. The lowest BCUT2D eigenvalue weighted by molar-refractivity contribution is 0.379. The number of ether oxygens (including phenoxy) is 2. The van der Waals surface area contributed by atoms with Crippen LogP contribution in [0.4, 0.5) is 5.95 Å². The first kappa shape index (κ1) is 11.1. The number of nitrogens with two attached hydrogens (primary N) is 1. The Kier molecular flexibility index (Phi) is 2.99. The van der Waals surface area contributed by atoms with Crippen molar-refractivity contribution in [2.45, 2.75) is 0 Å². The number of nitrogens with zero attached hydrogens (tertiary/aromatic N) is 4. The maximum Gasteiger partial charge on any atom is 0.321 e. The topological polar surface area (TPSA) is 96.0 Å². The van der Waals surface area contributed by atoms with Gasteiger partial charge in [0.15, 0.2) is 5.82 Å². The smallest absolute Gasteiger partial charge is 0.321 e. The molecule has 2 heterocycles. The summed E-state index contributed by atoms with van der Waals surface area (Å²) < 4.78 is 9.87. The molecular formula is C10H11N5O2. The van der Waals surface area contributed by atoms with E-state index in [1.807, 2.05) is 0 Å². The fraction of sp³-hybridized carbons (Fsp3) is 0.200. The number of pyridine rings is 1. The number of anilines is 1. The Morgan fingerprint density at radius 1 is 1.06 bits per heavy atom. The Morgan fingerprint density at radius 2 is 1.88 bits per heavy atom. The minimum atomic E-state index is 0.0997. The molecule has 0 saturated heterocycles. The monoisotopic (exact) mass is 233 g/mol. The second-order valence-corrected chi connectivity index (χ2v) is 3.09. The first-order valence-electron chi connectivity index (χ1n) is 4.79. The van der Waals surface area contributed by atoms with Crippen molar-refractivity contribution in [1.29, 1.82) is 0 Å². The fourth-order valence-corrected chi connectivity index (χ4v) is 1.23. The number of methoxy groups -OCH3 is 2. The van der Waals surface area contributed by atoms with Crippen LogP contribution in [0, 0.1) is 0 Å². The van der Waals surface area contributed by atoms with Gasteiger partial charge in [0, 0.05) is 17.8 Å². The highest BCUT2D eigenvalue weighted by molar-refractivity contribution is 5.55. The molecule has 0 saturated carbocycles. The van der Waals surface area contributed by atoms with E-state index in [4.69, 9.17) is 15.2 Å². The molecule has 0 radical (unpaired) electrons. The summed E-state index contributed by atoms with van der Waals surface area (Å²) in [6.45, 7) is 0. The molecule has 0 amide bonds. The van der Waals surface area contributed by atoms with E-state index >= 15 is 0 Å². The van der Waals surface area contributed by atoms with Gasteiger partial charge in [-0.25, -0.2) is 4.98 Å². The molecule has 0 atom stereocenters. The highest BCUT2D eigenvalue weighted by atomic mass is 16.5. The summed E-state index contributed by atoms with van der Waals surface area (Å²) in [5.41, 5.74) is 6.25. The van der Waals surface area contributed by atoms with Crippen molar-refractivity contribution in [1.82, 2.24) is 19.9 Å². The van der Waals surface area contributed by atoms with Crippen LogP contribution in [0.3, 0.4) is 0 Å². The molecule has 0 spiro atoms. The largest absolute Gasteiger partial charge is 0.481 e. The molecule has 17 heavy (non-hydrogen) atoms. The van der Waals surface area contributed by atoms with Crippen LogP contribution in [0.2, 0.25) is 0 Å². The number of hydrogen-bond donors (Lipinski definition) is 1. The molecule has 2 N–H and O–H groups in total. The van der Waals surface area contributed by atoms with Gasteiger partial charge in [0.2, 0.25) is 11.8 Å². The Balaban J connectivity index is 2.41. The van der Waals surface area contributed by atoms with Gasteiger partial charge in [-0.2, -0.15) is 15.0 Å². The van der Waals surface area contributed by atoms with Gasteiger partial charge < -0.3 is 15.2 Å². The van der Waals surface area contributed by atoms with Crippen LogP contribution in [0.15, 0.2) is 18.3 Å². The maximum atomic E-state index is 5.54. The van der Waals surface area contributed by atoms with E-state index < -0.39 is 0 Å². The van der Waals surface area contributed by atoms with Crippen LogP contribution in [-0.2, 0) is 0 Å². The average molecular weight is 233 g/mol. The number of nitrogen functional groups attached to an aromatic ring is 1. The summed E-state index contributed by atoms with van der Waals surface area (Å²) in [7, 11) is 3.01. The highest BCUT2D eigenvalue weighted by Gasteiger charge is 2.07. The number of aromatic nitrogens is 4. The molecule has 2 rings (SSSR count). The van der Waals surface area contributed by atoms with Crippen LogP contribution in [0.5, 0.6) is 11.9 Å². The third-order valence-electron chi connectivity index (χ3n) is 2.02. The lowest BCUT2D eigenvalue weighted by Crippen LogP contribution is -2.02. The lowest BCUT2D eigenvalue weighted by atomic mass is 10.3. The summed E-state index contributed by atoms with van der Waals surface area (Å²) in [4.78, 5) is 15.9. The molecule has 0 aliphatic carbocycles. The predicted octanol–water partition coefficient (Wildman–Crippen LogP) is 0.533. The van der Waals surface area contributed by atoms with Crippen LogP contribution in [-0.4, -0.2) is 34.2 Å². The van der Waals surface area contributed by atoms with E-state index in [9.17, 15) is 0 Å². The zero-order valence-electron chi connectivity index (χ0n) is 9.41. The van der Waals surface area contributed by atoms with Gasteiger partial charge >= 0.3 is 6.01 Å². The van der Waals surface area contributed by atoms with E-state index in [0.29, 0.717) is 17.3 Å². The maximum absolute atomic E-state index is 5.54. The first-order chi connectivity index (χ1) is 8.22. The lowest BCUT2D eigenvalue weighted by Gasteiger charge is -2.04. The SMILES string of the molecule is COc1ccc(-c2nc(N)nc(OC)n2)cn1. The van der Waals surface area contributed by atoms with Gasteiger partial charge in [0.05, 0.1) is 14.2 Å². The van der Waals surface area contributed by atoms with Crippen LogP contribution in [0.1, 0.15) is 0 Å². The van der Waals surface area contributed by atoms with Crippen molar-refractivity contribution in [2.75, 3.05) is 20.0 Å². The Hall–Kier alpha value is -2.44. The summed E-state index contributed by atoms with van der Waals surface area (Å²) in [5, 5.41) is 0. The summed E-state index contributed by atoms with van der Waals surface area (Å²) >= 11 is 0. The van der Waals surface area contributed by atoms with Crippen molar-refractivity contribution in [2.24, 2.45) is 0 Å². The van der Waals surface area contributed by atoms with Crippen molar-refractivity contribution in [3.05, 3.63) is 18.3 Å². The van der Waals surface area contributed by atoms with E-state index in [1.54, 1.807) is 25.4 Å². The van der Waals surface area contributed by atoms with Gasteiger partial charge in [-0.1, -0.05) is 0 Å². The minimum Gasteiger partial charge on any atom is -0.481 e. The molecule has 2 aromatic rings. The van der Waals surface area contributed by atoms with Gasteiger partial charge in [-0.3, -0.25) is 0 Å². The zero-order valence-corrected chi connectivity index (χ0v) is 9.41. The third-order valence-corrected chi connectivity index (χ3v) is 2.02. The van der Waals surface area contributed by atoms with Gasteiger partial charge in [0.25, 0.3) is 0 Å². The Morgan fingerprint density at radius 3 is 2.47 bits per heavy atom. The first-order valence-corrected chi connectivity index (χ1v) is 4.79. The van der Waals surface area contributed by atoms with Crippen molar-refractivity contribution < 1.29 is 9.47 Å². The highest BCUT2D eigenvalue weighted by Crippen LogP contribution is 2.18. The third kappa shape index (κ3) is 2.39. The summed E-state index contributed by atoms with van der Waals surface area (Å²) in [6.07, 6.45) is 1.59. The van der Waals surface area contributed by atoms with Crippen molar-refractivity contribution >= 4 is 5.95 Å². The second kappa shape index (κ2) is 4.60. The number of hydrogen-bond acceptors (Lipinski definition) is 7. The average Bonchev–Trinajstić information content (AvgIpc) is 2.38. The molecule has 7 nitrogen and oxygen atoms in total. The second-order valence-electron chi connectivity index (χ2n) is 3.09. The quantitative estimate of drug-likeness (QED) is 0.826. The van der Waals surface area contributed by atoms with Crippen LogP contribution in [0.25, 0.3) is 11.4 Å². The standard InChI is InChI=1S/C10H11N5O2/c1-16-7-4-3-6(5-12-7)8-13-9(11)15-10(14-8)17-2/h3-5H,1-2H3,(H2,11,13,14,15). The van der Waals surface area contributed by atoms with Gasteiger partial charge in [0.1, 0.15) is 0 Å². The van der Waals surface area contributed by atoms with E-state index in [0.717, 1.165) is 0 Å². The molecule has 88 valence electrons. The Labute approximate surface area is 97.7 Å². The van der Waals surface area contributed by atoms with E-state index in [1.165, 1.54) is 7.11 Å². The zero-order chi connectivity index (χ0) is 12.3. The molecule has 7 heteroatoms. The normalized spacial score (nSPS) is 10.0. The van der Waals surface area contributed by atoms with Crippen molar-refractivity contribution in [3.63, 3.8) is 0 Å². The van der Waals surface area contributed by atoms with Crippen LogP contribution < -0.4 is 15.2 Å². The fourth-order valence-electron chi connectivity index (χ4n) is 1.23. The van der Waals surface area contributed by atoms with E-state index in [2.05, 4.69) is 19.9 Å². The number of rotatable bonds is 3. The van der Waals surface area contributed by atoms with Crippen molar-refractivity contribution in [3.8, 4) is 23.3 Å². The molecule has 0 aliphatic heterocycles. The molecule has 0 bridgehead atoms. The molecule has 0 aliphatic rings. The molecule has 0 unspecified atom stereocenters. The summed E-state index contributed by atoms with van der Waals surface area (Å²) in [6, 6.07) is 3.66. The Bertz CT molecular complexity index is 515. The van der Waals surface area contributed by atoms with Crippen LogP contribution >= 0.6 is 0 Å². The molecule has 0 fully saturated rings. The summed E-state index contributed by atoms with van der Waals surface area (Å²) in [5.74, 6) is 1.02.